The number of likely N-dealkylation sites (N-methyl/N-ethyl adjacent to an activating group) is 1. The van der Waals surface area contributed by atoms with Crippen LogP contribution in [0.5, 0.6) is 0 Å². The molecule has 1 saturated heterocycles. The molecule has 20 heavy (non-hydrogen) atoms. The smallest absolute Gasteiger partial charge is 0.0466 e. The molecule has 0 aromatic carbocycles. The average Bonchev–Trinajstić information content (AvgIpc) is 2.50. The molecule has 4 nitrogen and oxygen atoms in total. The molecule has 120 valence electrons. The predicted octanol–water partition coefficient (Wildman–Crippen LogP) is 1.81. The molecule has 0 aromatic heterocycles. The Morgan fingerprint density at radius 2 is 1.90 bits per heavy atom. The van der Waals surface area contributed by atoms with Crippen molar-refractivity contribution >= 4 is 0 Å². The Morgan fingerprint density at radius 1 is 1.15 bits per heavy atom. The average molecular weight is 285 g/mol. The molecule has 0 spiro atoms. The highest BCUT2D eigenvalue weighted by Crippen LogP contribution is 2.14. The Labute approximate surface area is 125 Å². The third kappa shape index (κ3) is 7.58. The molecule has 1 aliphatic rings. The molecule has 0 aliphatic carbocycles. The maximum Gasteiger partial charge on any atom is 0.0466 e. The fourth-order valence-electron chi connectivity index (χ4n) is 2.84. The number of likely N-dealkylation sites (tertiary alicyclic amines) is 1. The van der Waals surface area contributed by atoms with Crippen LogP contribution in [0.3, 0.4) is 0 Å². The lowest BCUT2D eigenvalue weighted by Crippen LogP contribution is -2.45. The first-order chi connectivity index (χ1) is 9.77. The summed E-state index contributed by atoms with van der Waals surface area (Å²) in [5, 5.41) is 3.54. The third-order valence-corrected chi connectivity index (χ3v) is 4.37. The lowest BCUT2D eigenvalue weighted by atomic mass is 10.0. The van der Waals surface area contributed by atoms with Crippen LogP contribution in [0.1, 0.15) is 39.5 Å². The van der Waals surface area contributed by atoms with Gasteiger partial charge < -0.3 is 19.9 Å². The number of rotatable bonds is 11. The highest BCUT2D eigenvalue weighted by Gasteiger charge is 2.20. The minimum atomic E-state index is 0.789. The van der Waals surface area contributed by atoms with Crippen molar-refractivity contribution in [3.63, 3.8) is 0 Å². The van der Waals surface area contributed by atoms with Gasteiger partial charge in [0.25, 0.3) is 0 Å². The molecule has 0 unspecified atom stereocenters. The van der Waals surface area contributed by atoms with Crippen molar-refractivity contribution in [2.45, 2.75) is 45.6 Å². The Bertz CT molecular complexity index is 218. The number of hydrogen-bond donors (Lipinski definition) is 1. The molecule has 0 bridgehead atoms. The highest BCUT2D eigenvalue weighted by atomic mass is 16.5. The lowest BCUT2D eigenvalue weighted by molar-refractivity contribution is 0.131. The molecule has 0 atom stereocenters. The first-order valence-corrected chi connectivity index (χ1v) is 8.49. The maximum atomic E-state index is 5.34. The number of ether oxygens (including phenoxy) is 1. The molecule has 1 heterocycles. The molecule has 1 N–H and O–H groups in total. The standard InChI is InChI=1S/C16H35N3O/c1-4-19-12-8-16(9-13-19)18(3)14-11-17-10-6-7-15-20-5-2/h16-17H,4-15H2,1-3H3. The van der Waals surface area contributed by atoms with Crippen molar-refractivity contribution in [2.75, 3.05) is 59.5 Å². The minimum Gasteiger partial charge on any atom is -0.382 e. The maximum absolute atomic E-state index is 5.34. The molecule has 1 fully saturated rings. The van der Waals surface area contributed by atoms with E-state index in [1.807, 2.05) is 0 Å². The van der Waals surface area contributed by atoms with Gasteiger partial charge in [0, 0.05) is 32.3 Å². The summed E-state index contributed by atoms with van der Waals surface area (Å²) in [5.74, 6) is 0. The van der Waals surface area contributed by atoms with Gasteiger partial charge in [0.2, 0.25) is 0 Å². The van der Waals surface area contributed by atoms with E-state index >= 15 is 0 Å². The van der Waals surface area contributed by atoms with Crippen LogP contribution in [0, 0.1) is 0 Å². The van der Waals surface area contributed by atoms with Crippen LogP contribution in [-0.4, -0.2) is 75.4 Å². The van der Waals surface area contributed by atoms with Gasteiger partial charge in [0.15, 0.2) is 0 Å². The van der Waals surface area contributed by atoms with Crippen LogP contribution in [0.25, 0.3) is 0 Å². The normalized spacial score (nSPS) is 18.0. The van der Waals surface area contributed by atoms with Crippen LogP contribution in [0.4, 0.5) is 0 Å². The van der Waals surface area contributed by atoms with Crippen LogP contribution in [0.15, 0.2) is 0 Å². The highest BCUT2D eigenvalue weighted by molar-refractivity contribution is 4.78. The second-order valence-electron chi connectivity index (χ2n) is 5.80. The lowest BCUT2D eigenvalue weighted by Gasteiger charge is -2.36. The summed E-state index contributed by atoms with van der Waals surface area (Å²) in [7, 11) is 2.28. The van der Waals surface area contributed by atoms with Gasteiger partial charge in [-0.05, 0) is 65.8 Å². The monoisotopic (exact) mass is 285 g/mol. The van der Waals surface area contributed by atoms with E-state index in [0.717, 1.165) is 32.3 Å². The van der Waals surface area contributed by atoms with E-state index in [9.17, 15) is 0 Å². The van der Waals surface area contributed by atoms with Crippen LogP contribution in [0.2, 0.25) is 0 Å². The Kier molecular flexibility index (Phi) is 10.3. The van der Waals surface area contributed by atoms with E-state index in [0.29, 0.717) is 0 Å². The number of piperidine rings is 1. The molecule has 0 saturated carbocycles. The first-order valence-electron chi connectivity index (χ1n) is 8.49. The van der Waals surface area contributed by atoms with E-state index in [-0.39, 0.29) is 0 Å². The van der Waals surface area contributed by atoms with Crippen molar-refractivity contribution in [1.29, 1.82) is 0 Å². The topological polar surface area (TPSA) is 27.7 Å². The zero-order chi connectivity index (χ0) is 14.6. The van der Waals surface area contributed by atoms with Gasteiger partial charge >= 0.3 is 0 Å². The van der Waals surface area contributed by atoms with Crippen LogP contribution < -0.4 is 5.32 Å². The second-order valence-corrected chi connectivity index (χ2v) is 5.80. The molecule has 0 radical (unpaired) electrons. The molecular weight excluding hydrogens is 250 g/mol. The van der Waals surface area contributed by atoms with E-state index in [1.165, 1.54) is 51.9 Å². The largest absolute Gasteiger partial charge is 0.382 e. The molecular formula is C16H35N3O. The molecule has 0 amide bonds. The Morgan fingerprint density at radius 3 is 2.55 bits per heavy atom. The Hall–Kier alpha value is -0.160. The van der Waals surface area contributed by atoms with Crippen LogP contribution >= 0.6 is 0 Å². The van der Waals surface area contributed by atoms with Crippen molar-refractivity contribution in [3.8, 4) is 0 Å². The molecule has 4 heteroatoms. The van der Waals surface area contributed by atoms with Gasteiger partial charge in [-0.15, -0.1) is 0 Å². The van der Waals surface area contributed by atoms with Gasteiger partial charge in [0.05, 0.1) is 0 Å². The number of nitrogens with one attached hydrogen (secondary N) is 1. The van der Waals surface area contributed by atoms with E-state index in [2.05, 4.69) is 36.0 Å². The Balaban J connectivity index is 1.94. The molecule has 1 aliphatic heterocycles. The summed E-state index contributed by atoms with van der Waals surface area (Å²) in [4.78, 5) is 5.10. The van der Waals surface area contributed by atoms with Crippen molar-refractivity contribution < 1.29 is 4.74 Å². The summed E-state index contributed by atoms with van der Waals surface area (Å²) in [6, 6.07) is 0.789. The number of unbranched alkanes of at least 4 members (excludes halogenated alkanes) is 1. The summed E-state index contributed by atoms with van der Waals surface area (Å²) >= 11 is 0. The van der Waals surface area contributed by atoms with Crippen molar-refractivity contribution in [2.24, 2.45) is 0 Å². The summed E-state index contributed by atoms with van der Waals surface area (Å²) in [5.41, 5.74) is 0. The van der Waals surface area contributed by atoms with Gasteiger partial charge in [-0.3, -0.25) is 0 Å². The van der Waals surface area contributed by atoms with E-state index in [4.69, 9.17) is 4.74 Å². The molecule has 0 aromatic rings. The fourth-order valence-corrected chi connectivity index (χ4v) is 2.84. The fraction of sp³-hybridized carbons (Fsp3) is 1.00. The van der Waals surface area contributed by atoms with E-state index in [1.54, 1.807) is 0 Å². The first kappa shape index (κ1) is 17.9. The van der Waals surface area contributed by atoms with Gasteiger partial charge in [0.1, 0.15) is 0 Å². The quantitative estimate of drug-likeness (QED) is 0.586. The number of hydrogen-bond acceptors (Lipinski definition) is 4. The summed E-state index contributed by atoms with van der Waals surface area (Å²) in [6.45, 7) is 13.2. The minimum absolute atomic E-state index is 0.789. The summed E-state index contributed by atoms with van der Waals surface area (Å²) < 4.78 is 5.34. The summed E-state index contributed by atoms with van der Waals surface area (Å²) in [6.07, 6.45) is 5.06. The van der Waals surface area contributed by atoms with Crippen LogP contribution in [-0.2, 0) is 4.74 Å². The SMILES string of the molecule is CCOCCCCNCCN(C)C1CCN(CC)CC1. The van der Waals surface area contributed by atoms with E-state index < -0.39 is 0 Å². The number of nitrogens with zero attached hydrogens (tertiary/aromatic N) is 2. The van der Waals surface area contributed by atoms with Crippen molar-refractivity contribution in [1.82, 2.24) is 15.1 Å². The third-order valence-electron chi connectivity index (χ3n) is 4.37. The zero-order valence-electron chi connectivity index (χ0n) is 13.9. The predicted molar refractivity (Wildman–Crippen MR) is 86.4 cm³/mol. The van der Waals surface area contributed by atoms with Gasteiger partial charge in [-0.1, -0.05) is 6.92 Å². The van der Waals surface area contributed by atoms with Gasteiger partial charge in [-0.25, -0.2) is 0 Å². The second kappa shape index (κ2) is 11.5. The zero-order valence-corrected chi connectivity index (χ0v) is 13.9. The van der Waals surface area contributed by atoms with Gasteiger partial charge in [-0.2, -0.15) is 0 Å². The van der Waals surface area contributed by atoms with Crippen molar-refractivity contribution in [3.05, 3.63) is 0 Å². The molecule has 1 rings (SSSR count).